The highest BCUT2D eigenvalue weighted by atomic mass is 79.9. The van der Waals surface area contributed by atoms with E-state index in [1.807, 2.05) is 20.8 Å². The molecule has 0 aliphatic heterocycles. The summed E-state index contributed by atoms with van der Waals surface area (Å²) in [6.45, 7) is 46.5. The van der Waals surface area contributed by atoms with Crippen LogP contribution in [0.2, 0.25) is 0 Å². The molecule has 0 aliphatic carbocycles. The summed E-state index contributed by atoms with van der Waals surface area (Å²) in [7, 11) is 7.39. The van der Waals surface area contributed by atoms with E-state index in [2.05, 4.69) is 158 Å². The SMILES string of the molecule is C#Cc1c(N)c([N+](=O)[O-])c(C)c([C@H](OC(C)(C)C)C(=O)OC)c1Br.COC#Cc1c(N)c([N+](=O)[O-])c(C)c([C@H](OC(C)(C)C)C(=O)OC)c1Br.COC(=O)[C@@H](OC(C)(C)C)c1c(C)c([N+](=O)[O-])c(N)c(C#CC(=O)NCCC(C)(C)C)c1Br.COC(=O)[C@@H](OC(C)(C)C)c1c(C)c([N+](=O)[O-])c(N)c(C#CCO)c1Br.COC(=O)[C@@H](OC(C)(C)C)c1c(C)c([N+](=O)[O-])c2[nH]c(C(=O)NCCC(C)(C)C)cc2c1Br.O=C=O. The molecule has 5 aromatic carbocycles. The molecule has 794 valence electrons. The molecule has 0 aliphatic rings. The summed E-state index contributed by atoms with van der Waals surface area (Å²) < 4.78 is 59.7. The highest BCUT2D eigenvalue weighted by Gasteiger charge is 2.44. The van der Waals surface area contributed by atoms with Gasteiger partial charge in [0.25, 0.3) is 40.3 Å². The van der Waals surface area contributed by atoms with E-state index in [4.69, 9.17) is 96.2 Å². The molecule has 0 saturated heterocycles. The van der Waals surface area contributed by atoms with Crippen LogP contribution in [0.3, 0.4) is 0 Å². The number of aliphatic hydroxyl groups excluding tert-OH is 1. The number of anilines is 4. The lowest BCUT2D eigenvalue weighted by molar-refractivity contribution is -0.384. The maximum atomic E-state index is 12.7. The molecular weight excluding hydrogens is 2230 g/mol. The first-order chi connectivity index (χ1) is 66.4. The third kappa shape index (κ3) is 37.3. The minimum absolute atomic E-state index is 0.0136. The van der Waals surface area contributed by atoms with Crippen LogP contribution in [0.1, 0.15) is 277 Å². The number of terminal acetylenes is 1. The van der Waals surface area contributed by atoms with E-state index in [0.717, 1.165) is 12.8 Å². The Kier molecular flexibility index (Phi) is 49.9. The number of carbonyl (C=O) groups excluding carboxylic acids is 9. The lowest BCUT2D eigenvalue weighted by Gasteiger charge is -2.28. The molecule has 0 radical (unpaired) electrons. The number of nitrogens with zero attached hydrogens (tertiary/aromatic N) is 5. The number of hydrogen-bond donors (Lipinski definition) is 8. The van der Waals surface area contributed by atoms with Crippen LogP contribution in [0.5, 0.6) is 0 Å². The van der Waals surface area contributed by atoms with Crippen molar-refractivity contribution in [3.8, 4) is 48.1 Å². The number of hydrogen-bond acceptors (Lipinski definition) is 35. The summed E-state index contributed by atoms with van der Waals surface area (Å²) in [4.78, 5) is 161. The maximum Gasteiger partial charge on any atom is 0.373 e. The lowest BCUT2D eigenvalue weighted by atomic mass is 9.92. The molecule has 0 spiro atoms. The number of halogens is 5. The van der Waals surface area contributed by atoms with Crippen LogP contribution in [0.4, 0.5) is 51.2 Å². The second kappa shape index (κ2) is 55.3. The molecular formula is C97H125Br5N12O31. The van der Waals surface area contributed by atoms with Crippen LogP contribution < -0.4 is 33.6 Å². The van der Waals surface area contributed by atoms with Crippen LogP contribution >= 0.6 is 79.6 Å². The molecule has 1 heterocycles. The first-order valence-corrected chi connectivity index (χ1v) is 47.3. The van der Waals surface area contributed by atoms with Crippen molar-refractivity contribution >= 4 is 190 Å². The van der Waals surface area contributed by atoms with Crippen LogP contribution in [0, 0.1) is 144 Å². The van der Waals surface area contributed by atoms with Crippen molar-refractivity contribution in [1.29, 1.82) is 0 Å². The first-order valence-electron chi connectivity index (χ1n) is 43.3. The van der Waals surface area contributed by atoms with E-state index in [1.54, 1.807) is 111 Å². The van der Waals surface area contributed by atoms with E-state index in [1.165, 1.54) is 76.4 Å². The Morgan fingerprint density at radius 1 is 0.414 bits per heavy atom. The fourth-order valence-electron chi connectivity index (χ4n) is 13.3. The molecule has 6 aromatic rings. The van der Waals surface area contributed by atoms with Gasteiger partial charge in [-0.25, -0.2) is 24.0 Å². The number of nitrogens with two attached hydrogens (primary N) is 4. The number of nitro groups is 5. The van der Waals surface area contributed by atoms with E-state index in [-0.39, 0.29) is 166 Å². The molecule has 0 fully saturated rings. The number of aliphatic hydroxyl groups is 1. The number of fused-ring (bicyclic) bond motifs is 1. The minimum atomic E-state index is -1.29. The molecule has 43 nitrogen and oxygen atoms in total. The van der Waals surface area contributed by atoms with Crippen LogP contribution in [0.15, 0.2) is 28.4 Å². The highest BCUT2D eigenvalue weighted by Crippen LogP contribution is 2.50. The Morgan fingerprint density at radius 3 is 0.910 bits per heavy atom. The lowest BCUT2D eigenvalue weighted by Crippen LogP contribution is -2.29. The largest absolute Gasteiger partial charge is 0.467 e. The molecule has 0 unspecified atom stereocenters. The normalized spacial score (nSPS) is 12.2. The summed E-state index contributed by atoms with van der Waals surface area (Å²) in [5.74, 6) is 10.5. The van der Waals surface area contributed by atoms with Gasteiger partial charge >= 0.3 is 36.0 Å². The highest BCUT2D eigenvalue weighted by molar-refractivity contribution is 9.11. The molecule has 1 aromatic heterocycles. The Morgan fingerprint density at radius 2 is 0.662 bits per heavy atom. The number of aromatic nitrogens is 1. The standard InChI is InChI=1S/2C23H32BrN3O6.2C17H21BrN2O6.C16H19BrN2O5.CO2/c1-12-15(19(21(29)32-8)33-23(5,6)7)16(24)13-11-14(26-17(13)18(12)27(30)31)20(28)25-10-9-22(2,3)4;1-13-16(20(21(29)32-8)33-23(5,6)7)17(24)14(18(25)19(13)27(30)31)9-10-15(28)26-12-11-22(2,3)4;1-9-11(15(16(21)25-6)26-17(2,3)4)12(18)10(7-8-24-5)13(19)14(9)20(22)23;1-9-11(15(16(22)25-5)26-17(2,3)4)12(18)10(7-6-8-21)13(19)14(9)20(23)24;1-7-9-11(17)10(8(2)13(12(9)18)19(21)22)14(15(20)23-6)24-16(3,4)5;2-1-3/h11,19,26H,9-10H2,1-8H3,(H,25,28);20H,11-12,25H2,1-8H3,(H,26,28);15H,19H2,1-6H3;15,21H,8,19H2,1-5H3;1,14H,18H2,2-6H3;/t19-;20-;2*15-;14-;/m00000./s1. The Bertz CT molecular complexity index is 6050. The number of aromatic amines is 1. The van der Waals surface area contributed by atoms with Crippen LogP contribution in [-0.4, -0.2) is 173 Å². The monoisotopic (exact) mass is 2350 g/mol. The van der Waals surface area contributed by atoms with Crippen molar-refractivity contribution < 1.29 is 125 Å². The van der Waals surface area contributed by atoms with Crippen LogP contribution in [-0.2, 0) is 90.5 Å². The number of ether oxygens (including phenoxy) is 11. The topological polar surface area (TPSA) is 635 Å². The number of nitrogen functional groups attached to an aromatic ring is 4. The van der Waals surface area contributed by atoms with Gasteiger partial charge in [-0.15, -0.1) is 6.42 Å². The van der Waals surface area contributed by atoms with Crippen LogP contribution in [0.25, 0.3) is 10.9 Å². The van der Waals surface area contributed by atoms with E-state index >= 15 is 0 Å². The van der Waals surface area contributed by atoms with Gasteiger partial charge in [0.2, 0.25) is 0 Å². The van der Waals surface area contributed by atoms with Crippen molar-refractivity contribution in [3.63, 3.8) is 0 Å². The maximum absolute atomic E-state index is 12.7. The predicted octanol–water partition coefficient (Wildman–Crippen LogP) is 18.1. The fourth-order valence-corrected chi connectivity index (χ4v) is 17.4. The van der Waals surface area contributed by atoms with Gasteiger partial charge in [-0.1, -0.05) is 65.2 Å². The van der Waals surface area contributed by atoms with Crippen molar-refractivity contribution in [3.05, 3.63) is 163 Å². The molecule has 0 bridgehead atoms. The zero-order valence-electron chi connectivity index (χ0n) is 86.7. The third-order valence-corrected chi connectivity index (χ3v) is 23.6. The average Bonchev–Trinajstić information content (AvgIpc) is 1.57. The zero-order valence-corrected chi connectivity index (χ0v) is 94.6. The summed E-state index contributed by atoms with van der Waals surface area (Å²) in [5.41, 5.74) is 20.5. The Hall–Kier alpha value is -12.3. The van der Waals surface area contributed by atoms with Crippen molar-refractivity contribution in [2.45, 2.75) is 251 Å². The number of nitrogens with one attached hydrogen (secondary N) is 3. The van der Waals surface area contributed by atoms with Gasteiger partial charge in [-0.3, -0.25) is 60.2 Å². The van der Waals surface area contributed by atoms with Crippen molar-refractivity contribution in [2.75, 3.05) is 85.3 Å². The van der Waals surface area contributed by atoms with Gasteiger partial charge in [0, 0.05) is 102 Å². The molecule has 145 heavy (non-hydrogen) atoms. The van der Waals surface area contributed by atoms with E-state index < -0.39 is 131 Å². The number of carbonyl (C=O) groups is 7. The quantitative estimate of drug-likeness (QED) is 0.00659. The third-order valence-electron chi connectivity index (χ3n) is 19.5. The summed E-state index contributed by atoms with van der Waals surface area (Å²) in [6, 6.07) is 1.53. The minimum Gasteiger partial charge on any atom is -0.467 e. The van der Waals surface area contributed by atoms with Gasteiger partial charge in [0.05, 0.1) is 118 Å². The molecule has 5 atom stereocenters. The van der Waals surface area contributed by atoms with Gasteiger partial charge < -0.3 is 95.8 Å². The number of amides is 2. The fraction of sp³-hybridized carbons (Fsp3) is 0.505. The number of nitro benzene ring substituents is 5. The number of rotatable bonds is 25. The first kappa shape index (κ1) is 131. The number of benzene rings is 5. The smallest absolute Gasteiger partial charge is 0.373 e. The summed E-state index contributed by atoms with van der Waals surface area (Å²) in [6.07, 6.45) is 3.43. The van der Waals surface area contributed by atoms with E-state index in [9.17, 15) is 84.1 Å². The second-order valence-electron chi connectivity index (χ2n) is 38.6. The zero-order chi connectivity index (χ0) is 113. The predicted molar refractivity (Wildman–Crippen MR) is 556 cm³/mol. The van der Waals surface area contributed by atoms with Gasteiger partial charge in [0.15, 0.2) is 30.5 Å². The molecule has 2 amide bonds. The van der Waals surface area contributed by atoms with Gasteiger partial charge in [0.1, 0.15) is 46.7 Å². The molecule has 12 N–H and O–H groups in total. The number of H-pyrrole nitrogens is 1. The second-order valence-corrected chi connectivity index (χ2v) is 42.6. The number of methoxy groups -OCH3 is 6. The van der Waals surface area contributed by atoms with Crippen molar-refractivity contribution in [2.24, 2.45) is 10.8 Å². The molecule has 6 rings (SSSR count). The van der Waals surface area contributed by atoms with Crippen molar-refractivity contribution in [1.82, 2.24) is 15.6 Å². The molecule has 0 saturated carbocycles. The van der Waals surface area contributed by atoms with Gasteiger partial charge in [-0.05, 0) is 254 Å². The Labute approximate surface area is 882 Å². The van der Waals surface area contributed by atoms with E-state index in [0.29, 0.717) is 31.9 Å². The summed E-state index contributed by atoms with van der Waals surface area (Å²) in [5, 5.41) is 73.2. The number of esters is 5. The van der Waals surface area contributed by atoms with Gasteiger partial charge in [-0.2, -0.15) is 9.59 Å². The Balaban J connectivity index is 0.000000905. The summed E-state index contributed by atoms with van der Waals surface area (Å²) >= 11 is 16.9. The average molecular weight is 2350 g/mol. The molecule has 48 heteroatoms.